The molecule has 1 saturated heterocycles. The van der Waals surface area contributed by atoms with Crippen LogP contribution in [-0.2, 0) is 19.7 Å². The summed E-state index contributed by atoms with van der Waals surface area (Å²) < 4.78 is 10.6. The quantitative estimate of drug-likeness (QED) is 0.284. The number of carbonyl (C=O) groups excluding carboxylic acids is 2. The van der Waals surface area contributed by atoms with Crippen LogP contribution < -0.4 is 4.74 Å². The van der Waals surface area contributed by atoms with Gasteiger partial charge in [-0.15, -0.1) is 0 Å². The van der Waals surface area contributed by atoms with Gasteiger partial charge < -0.3 is 19.5 Å². The standard InChI is InChI=1S/C27H33NO5/c1-17-8-13-21(33-6)20(16-17)24(29)22-23(18-9-11-19(12-10-18)27(2,3)4)28(14-7-15-32-5)26(31)25(22)30/h8-13,16,23,29H,7,14-15H2,1-6H3/b24-22+. The Morgan fingerprint density at radius 1 is 1.06 bits per heavy atom. The summed E-state index contributed by atoms with van der Waals surface area (Å²) in [7, 11) is 3.11. The Kier molecular flexibility index (Phi) is 7.28. The summed E-state index contributed by atoms with van der Waals surface area (Å²) in [5, 5.41) is 11.3. The highest BCUT2D eigenvalue weighted by atomic mass is 16.5. The molecule has 1 aliphatic heterocycles. The van der Waals surface area contributed by atoms with Gasteiger partial charge in [-0.25, -0.2) is 0 Å². The van der Waals surface area contributed by atoms with Gasteiger partial charge in [0, 0.05) is 20.3 Å². The normalized spacial score (nSPS) is 18.1. The number of rotatable bonds is 7. The van der Waals surface area contributed by atoms with Crippen LogP contribution in [0.2, 0.25) is 0 Å². The highest BCUT2D eigenvalue weighted by Crippen LogP contribution is 2.41. The third-order valence-electron chi connectivity index (χ3n) is 5.99. The molecule has 3 rings (SSSR count). The number of likely N-dealkylation sites (tertiary alicyclic amines) is 1. The first-order valence-electron chi connectivity index (χ1n) is 11.1. The van der Waals surface area contributed by atoms with Crippen molar-refractivity contribution in [2.45, 2.75) is 45.6 Å². The van der Waals surface area contributed by atoms with Crippen LogP contribution in [0.3, 0.4) is 0 Å². The average molecular weight is 452 g/mol. The molecule has 2 aromatic rings. The fourth-order valence-electron chi connectivity index (χ4n) is 4.15. The third kappa shape index (κ3) is 4.96. The Labute approximate surface area is 195 Å². The number of aryl methyl sites for hydroxylation is 1. The molecule has 1 N–H and O–H groups in total. The zero-order valence-corrected chi connectivity index (χ0v) is 20.3. The van der Waals surface area contributed by atoms with Gasteiger partial charge in [-0.2, -0.15) is 0 Å². The molecule has 1 fully saturated rings. The molecule has 0 aromatic heterocycles. The number of methoxy groups -OCH3 is 2. The van der Waals surface area contributed by atoms with E-state index >= 15 is 0 Å². The third-order valence-corrected chi connectivity index (χ3v) is 5.99. The van der Waals surface area contributed by atoms with Gasteiger partial charge in [0.25, 0.3) is 11.7 Å². The molecule has 6 nitrogen and oxygen atoms in total. The number of Topliss-reactive ketones (excluding diaryl/α,β-unsaturated/α-hetero) is 1. The number of nitrogens with zero attached hydrogens (tertiary/aromatic N) is 1. The smallest absolute Gasteiger partial charge is 0.295 e. The van der Waals surface area contributed by atoms with Gasteiger partial charge in [0.2, 0.25) is 0 Å². The zero-order chi connectivity index (χ0) is 24.3. The summed E-state index contributed by atoms with van der Waals surface area (Å²) in [5.74, 6) is -1.11. The van der Waals surface area contributed by atoms with Crippen molar-refractivity contribution in [1.29, 1.82) is 0 Å². The van der Waals surface area contributed by atoms with Crippen LogP contribution in [0.4, 0.5) is 0 Å². The first kappa shape index (κ1) is 24.5. The predicted molar refractivity (Wildman–Crippen MR) is 128 cm³/mol. The lowest BCUT2D eigenvalue weighted by atomic mass is 9.85. The van der Waals surface area contributed by atoms with Gasteiger partial charge in [0.05, 0.1) is 24.3 Å². The molecule has 1 aliphatic rings. The SMILES string of the molecule is COCCCN1C(=O)C(=O)/C(=C(/O)c2cc(C)ccc2OC)C1c1ccc(C(C)(C)C)cc1. The van der Waals surface area contributed by atoms with Crippen LogP contribution in [0.25, 0.3) is 5.76 Å². The maximum absolute atomic E-state index is 13.2. The summed E-state index contributed by atoms with van der Waals surface area (Å²) in [6, 6.07) is 12.6. The topological polar surface area (TPSA) is 76.1 Å². The molecule has 0 radical (unpaired) electrons. The Morgan fingerprint density at radius 3 is 2.30 bits per heavy atom. The minimum Gasteiger partial charge on any atom is -0.507 e. The van der Waals surface area contributed by atoms with E-state index in [1.54, 1.807) is 19.2 Å². The first-order valence-corrected chi connectivity index (χ1v) is 11.1. The maximum atomic E-state index is 13.2. The minimum absolute atomic E-state index is 0.0340. The van der Waals surface area contributed by atoms with Gasteiger partial charge in [-0.3, -0.25) is 9.59 Å². The van der Waals surface area contributed by atoms with E-state index in [1.165, 1.54) is 12.0 Å². The van der Waals surface area contributed by atoms with E-state index in [0.29, 0.717) is 30.9 Å². The second-order valence-electron chi connectivity index (χ2n) is 9.41. The summed E-state index contributed by atoms with van der Waals surface area (Å²) >= 11 is 0. The van der Waals surface area contributed by atoms with Gasteiger partial charge in [-0.1, -0.05) is 56.7 Å². The molecular formula is C27H33NO5. The molecule has 1 heterocycles. The number of ether oxygens (including phenoxy) is 2. The van der Waals surface area contributed by atoms with Crippen molar-refractivity contribution in [2.75, 3.05) is 27.4 Å². The molecule has 2 aromatic carbocycles. The maximum Gasteiger partial charge on any atom is 0.295 e. The minimum atomic E-state index is -0.696. The van der Waals surface area contributed by atoms with Crippen molar-refractivity contribution in [3.8, 4) is 5.75 Å². The lowest BCUT2D eigenvalue weighted by Gasteiger charge is -2.26. The second-order valence-corrected chi connectivity index (χ2v) is 9.41. The molecule has 0 aliphatic carbocycles. The summed E-state index contributed by atoms with van der Waals surface area (Å²) in [5.41, 5.74) is 3.25. The second kappa shape index (κ2) is 9.79. The van der Waals surface area contributed by atoms with Gasteiger partial charge in [0.1, 0.15) is 11.5 Å². The zero-order valence-electron chi connectivity index (χ0n) is 20.3. The van der Waals surface area contributed by atoms with Crippen molar-refractivity contribution < 1.29 is 24.2 Å². The number of amides is 1. The molecule has 33 heavy (non-hydrogen) atoms. The van der Waals surface area contributed by atoms with Crippen molar-refractivity contribution in [1.82, 2.24) is 4.90 Å². The van der Waals surface area contributed by atoms with Crippen LogP contribution in [0.15, 0.2) is 48.0 Å². The summed E-state index contributed by atoms with van der Waals surface area (Å²) in [6.07, 6.45) is 0.577. The van der Waals surface area contributed by atoms with Crippen LogP contribution in [-0.4, -0.2) is 49.1 Å². The number of hydrogen-bond donors (Lipinski definition) is 1. The van der Waals surface area contributed by atoms with Crippen LogP contribution >= 0.6 is 0 Å². The Morgan fingerprint density at radius 2 is 1.73 bits per heavy atom. The summed E-state index contributed by atoms with van der Waals surface area (Å²) in [6.45, 7) is 9.08. The molecule has 0 saturated carbocycles. The summed E-state index contributed by atoms with van der Waals surface area (Å²) in [4.78, 5) is 27.7. The number of aliphatic hydroxyl groups excluding tert-OH is 1. The largest absolute Gasteiger partial charge is 0.507 e. The molecule has 176 valence electrons. The van der Waals surface area contributed by atoms with Gasteiger partial charge in [0.15, 0.2) is 0 Å². The van der Waals surface area contributed by atoms with Crippen LogP contribution in [0.5, 0.6) is 5.75 Å². The molecule has 1 atom stereocenters. The Bertz CT molecular complexity index is 1060. The molecule has 1 amide bonds. The van der Waals surface area contributed by atoms with Crippen molar-refractivity contribution >= 4 is 17.4 Å². The number of aliphatic hydroxyl groups is 1. The number of benzene rings is 2. The van der Waals surface area contributed by atoms with E-state index in [0.717, 1.165) is 16.7 Å². The van der Waals surface area contributed by atoms with Crippen LogP contribution in [0, 0.1) is 6.92 Å². The van der Waals surface area contributed by atoms with Gasteiger partial charge >= 0.3 is 0 Å². The molecular weight excluding hydrogens is 418 g/mol. The van der Waals surface area contributed by atoms with Crippen LogP contribution in [0.1, 0.15) is 55.5 Å². The van der Waals surface area contributed by atoms with E-state index in [1.807, 2.05) is 37.3 Å². The molecule has 6 heteroatoms. The molecule has 1 unspecified atom stereocenters. The number of ketones is 1. The van der Waals surface area contributed by atoms with Crippen molar-refractivity contribution in [2.24, 2.45) is 0 Å². The highest BCUT2D eigenvalue weighted by Gasteiger charge is 2.46. The lowest BCUT2D eigenvalue weighted by molar-refractivity contribution is -0.140. The Hall–Kier alpha value is -3.12. The van der Waals surface area contributed by atoms with E-state index in [2.05, 4.69) is 20.8 Å². The monoisotopic (exact) mass is 451 g/mol. The van der Waals surface area contributed by atoms with Gasteiger partial charge in [-0.05, 0) is 42.0 Å². The van der Waals surface area contributed by atoms with E-state index in [4.69, 9.17) is 9.47 Å². The van der Waals surface area contributed by atoms with Crippen molar-refractivity contribution in [3.05, 3.63) is 70.3 Å². The highest BCUT2D eigenvalue weighted by molar-refractivity contribution is 6.46. The van der Waals surface area contributed by atoms with E-state index in [9.17, 15) is 14.7 Å². The lowest BCUT2D eigenvalue weighted by Crippen LogP contribution is -2.31. The van der Waals surface area contributed by atoms with E-state index < -0.39 is 17.7 Å². The van der Waals surface area contributed by atoms with Crippen molar-refractivity contribution in [3.63, 3.8) is 0 Å². The molecule has 0 bridgehead atoms. The fourth-order valence-corrected chi connectivity index (χ4v) is 4.15. The average Bonchev–Trinajstić information content (AvgIpc) is 3.03. The number of hydrogen-bond acceptors (Lipinski definition) is 5. The Balaban J connectivity index is 2.18. The van der Waals surface area contributed by atoms with E-state index in [-0.39, 0.29) is 16.7 Å². The first-order chi connectivity index (χ1) is 15.6. The number of carbonyl (C=O) groups is 2. The predicted octanol–water partition coefficient (Wildman–Crippen LogP) is 4.76. The fraction of sp³-hybridized carbons (Fsp3) is 0.407. The molecule has 0 spiro atoms.